The van der Waals surface area contributed by atoms with E-state index >= 15 is 0 Å². The number of pyridine rings is 1. The maximum Gasteiger partial charge on any atom is 0.0626 e. The number of aromatic nitrogens is 1. The van der Waals surface area contributed by atoms with Gasteiger partial charge in [-0.15, -0.1) is 6.58 Å². The highest BCUT2D eigenvalue weighted by molar-refractivity contribution is 9.10. The Morgan fingerprint density at radius 2 is 2.29 bits per heavy atom. The van der Waals surface area contributed by atoms with Crippen molar-refractivity contribution < 1.29 is 0 Å². The molecule has 0 aromatic carbocycles. The fourth-order valence-corrected chi connectivity index (χ4v) is 3.16. The van der Waals surface area contributed by atoms with Gasteiger partial charge >= 0.3 is 0 Å². The molecule has 0 radical (unpaired) electrons. The molecule has 0 spiro atoms. The van der Waals surface area contributed by atoms with Crippen molar-refractivity contribution >= 4 is 28.7 Å². The Morgan fingerprint density at radius 3 is 3.00 bits per heavy atom. The van der Waals surface area contributed by atoms with Gasteiger partial charge in [0, 0.05) is 10.2 Å². The summed E-state index contributed by atoms with van der Waals surface area (Å²) in [6.45, 7) is 3.77. The number of halogens is 1. The van der Waals surface area contributed by atoms with Gasteiger partial charge < -0.3 is 0 Å². The molecule has 0 aliphatic heterocycles. The predicted molar refractivity (Wildman–Crippen MR) is 78.3 cm³/mol. The SMILES string of the molecule is C=CCC(NS)c1cc(Br)c2c(n1)CCCC2. The van der Waals surface area contributed by atoms with Crippen molar-refractivity contribution in [3.63, 3.8) is 0 Å². The van der Waals surface area contributed by atoms with E-state index in [9.17, 15) is 0 Å². The van der Waals surface area contributed by atoms with Crippen LogP contribution >= 0.6 is 28.7 Å². The summed E-state index contributed by atoms with van der Waals surface area (Å²) in [6, 6.07) is 2.25. The van der Waals surface area contributed by atoms with Gasteiger partial charge in [-0.3, -0.25) is 9.71 Å². The Kier molecular flexibility index (Phi) is 4.65. The van der Waals surface area contributed by atoms with E-state index in [4.69, 9.17) is 4.98 Å². The van der Waals surface area contributed by atoms with Crippen LogP contribution in [0.2, 0.25) is 0 Å². The van der Waals surface area contributed by atoms with E-state index < -0.39 is 0 Å². The molecular weight excluding hydrogens is 296 g/mol. The van der Waals surface area contributed by atoms with Gasteiger partial charge in [-0.05, 0) is 43.7 Å². The first-order valence-corrected chi connectivity index (χ1v) is 7.19. The fourth-order valence-electron chi connectivity index (χ4n) is 2.26. The van der Waals surface area contributed by atoms with E-state index in [1.54, 1.807) is 0 Å². The Bertz CT molecular complexity index is 420. The van der Waals surface area contributed by atoms with Crippen LogP contribution in [0, 0.1) is 0 Å². The van der Waals surface area contributed by atoms with Crippen LogP contribution in [0.4, 0.5) is 0 Å². The largest absolute Gasteiger partial charge is 0.257 e. The molecule has 4 heteroatoms. The maximum absolute atomic E-state index is 4.77. The van der Waals surface area contributed by atoms with Gasteiger partial charge in [-0.2, -0.15) is 0 Å². The molecule has 1 heterocycles. The highest BCUT2D eigenvalue weighted by Crippen LogP contribution is 2.30. The number of thiol groups is 1. The highest BCUT2D eigenvalue weighted by atomic mass is 79.9. The Labute approximate surface area is 117 Å². The number of nitrogens with one attached hydrogen (secondary N) is 1. The second-order valence-electron chi connectivity index (χ2n) is 4.37. The molecule has 1 aromatic rings. The van der Waals surface area contributed by atoms with Crippen molar-refractivity contribution in [1.29, 1.82) is 0 Å². The average Bonchev–Trinajstić information content (AvgIpc) is 2.36. The molecule has 0 bridgehead atoms. The molecule has 1 aromatic heterocycles. The molecular formula is C13H17BrN2S. The number of hydrogen-bond donors (Lipinski definition) is 2. The fraction of sp³-hybridized carbons (Fsp3) is 0.462. The molecule has 0 amide bonds. The lowest BCUT2D eigenvalue weighted by Crippen LogP contribution is -2.16. The molecule has 0 fully saturated rings. The Hall–Kier alpha value is -0.320. The minimum absolute atomic E-state index is 0.138. The quantitative estimate of drug-likeness (QED) is 0.653. The normalized spacial score (nSPS) is 16.4. The van der Waals surface area contributed by atoms with Crippen molar-refractivity contribution in [3.05, 3.63) is 40.1 Å². The first-order valence-electron chi connectivity index (χ1n) is 5.95. The number of rotatable bonds is 4. The predicted octanol–water partition coefficient (Wildman–Crippen LogP) is 3.77. The third-order valence-electron chi connectivity index (χ3n) is 3.18. The van der Waals surface area contributed by atoms with Crippen LogP contribution in [-0.4, -0.2) is 4.98 Å². The second kappa shape index (κ2) is 6.03. The summed E-state index contributed by atoms with van der Waals surface area (Å²) >= 11 is 7.83. The van der Waals surface area contributed by atoms with E-state index in [0.717, 1.165) is 25.0 Å². The minimum atomic E-state index is 0.138. The first-order chi connectivity index (χ1) is 8.26. The zero-order valence-corrected chi connectivity index (χ0v) is 12.2. The van der Waals surface area contributed by atoms with Gasteiger partial charge in [0.05, 0.1) is 11.7 Å². The summed E-state index contributed by atoms with van der Waals surface area (Å²) in [5, 5.41) is 0. The maximum atomic E-state index is 4.77. The summed E-state index contributed by atoms with van der Waals surface area (Å²) in [5.41, 5.74) is 3.68. The lowest BCUT2D eigenvalue weighted by Gasteiger charge is -2.20. The van der Waals surface area contributed by atoms with Crippen molar-refractivity contribution in [2.75, 3.05) is 0 Å². The standard InChI is InChI=1S/C13H17BrN2S/c1-2-5-12(16-17)13-8-10(14)9-6-3-4-7-11(9)15-13/h2,8,12,16-17H,1,3-7H2. The van der Waals surface area contributed by atoms with Crippen molar-refractivity contribution in [3.8, 4) is 0 Å². The summed E-state index contributed by atoms with van der Waals surface area (Å²) in [5.74, 6) is 0. The molecule has 2 nitrogen and oxygen atoms in total. The van der Waals surface area contributed by atoms with Crippen LogP contribution in [0.25, 0.3) is 0 Å². The smallest absolute Gasteiger partial charge is 0.0626 e. The first kappa shape index (κ1) is 13.1. The summed E-state index contributed by atoms with van der Waals surface area (Å²) in [4.78, 5) is 4.77. The number of fused-ring (bicyclic) bond motifs is 1. The molecule has 1 unspecified atom stereocenters. The van der Waals surface area contributed by atoms with Gasteiger partial charge in [0.25, 0.3) is 0 Å². The monoisotopic (exact) mass is 312 g/mol. The zero-order chi connectivity index (χ0) is 12.3. The van der Waals surface area contributed by atoms with Crippen LogP contribution in [0.1, 0.15) is 42.3 Å². The molecule has 1 N–H and O–H groups in total. The van der Waals surface area contributed by atoms with Crippen LogP contribution in [0.5, 0.6) is 0 Å². The van der Waals surface area contributed by atoms with Gasteiger partial charge in [0.15, 0.2) is 0 Å². The number of hydrogen-bond acceptors (Lipinski definition) is 3. The second-order valence-corrected chi connectivity index (χ2v) is 5.48. The topological polar surface area (TPSA) is 24.9 Å². The van der Waals surface area contributed by atoms with Gasteiger partial charge in [0.2, 0.25) is 0 Å². The highest BCUT2D eigenvalue weighted by Gasteiger charge is 2.18. The van der Waals surface area contributed by atoms with Crippen molar-refractivity contribution in [2.24, 2.45) is 0 Å². The van der Waals surface area contributed by atoms with E-state index in [1.165, 1.54) is 28.6 Å². The summed E-state index contributed by atoms with van der Waals surface area (Å²) < 4.78 is 4.18. The molecule has 1 aliphatic carbocycles. The van der Waals surface area contributed by atoms with Crippen LogP contribution in [0.15, 0.2) is 23.2 Å². The molecule has 0 saturated heterocycles. The Balaban J connectivity index is 2.35. The molecule has 0 saturated carbocycles. The molecule has 1 atom stereocenters. The van der Waals surface area contributed by atoms with E-state index in [0.29, 0.717) is 0 Å². The number of aryl methyl sites for hydroxylation is 1. The minimum Gasteiger partial charge on any atom is -0.257 e. The van der Waals surface area contributed by atoms with E-state index in [1.807, 2.05) is 6.08 Å². The molecule has 2 rings (SSSR count). The van der Waals surface area contributed by atoms with Crippen LogP contribution in [0.3, 0.4) is 0 Å². The summed E-state index contributed by atoms with van der Waals surface area (Å²) in [7, 11) is 0. The van der Waals surface area contributed by atoms with Gasteiger partial charge in [0.1, 0.15) is 0 Å². The number of nitrogens with zero attached hydrogens (tertiary/aromatic N) is 1. The molecule has 17 heavy (non-hydrogen) atoms. The molecule has 92 valence electrons. The van der Waals surface area contributed by atoms with Crippen molar-refractivity contribution in [2.45, 2.75) is 38.1 Å². The van der Waals surface area contributed by atoms with E-state index in [2.05, 4.69) is 46.1 Å². The average molecular weight is 313 g/mol. The van der Waals surface area contributed by atoms with Gasteiger partial charge in [-0.25, -0.2) is 0 Å². The summed E-state index contributed by atoms with van der Waals surface area (Å²) in [6.07, 6.45) is 7.48. The van der Waals surface area contributed by atoms with Gasteiger partial charge in [-0.1, -0.05) is 34.8 Å². The third-order valence-corrected chi connectivity index (χ3v) is 4.20. The molecule has 1 aliphatic rings. The van der Waals surface area contributed by atoms with Crippen LogP contribution < -0.4 is 4.72 Å². The van der Waals surface area contributed by atoms with Crippen molar-refractivity contribution in [1.82, 2.24) is 9.71 Å². The Morgan fingerprint density at radius 1 is 1.53 bits per heavy atom. The lowest BCUT2D eigenvalue weighted by molar-refractivity contribution is 0.628. The third kappa shape index (κ3) is 2.92. The zero-order valence-electron chi connectivity index (χ0n) is 9.75. The van der Waals surface area contributed by atoms with Crippen LogP contribution in [-0.2, 0) is 12.8 Å². The van der Waals surface area contributed by atoms with E-state index in [-0.39, 0.29) is 6.04 Å². The lowest BCUT2D eigenvalue weighted by atomic mass is 9.95.